The minimum atomic E-state index is -3.23. The van der Waals surface area contributed by atoms with Gasteiger partial charge in [-0.3, -0.25) is 0 Å². The monoisotopic (exact) mass is 583 g/mol. The fourth-order valence-corrected chi connectivity index (χ4v) is 19.0. The molecule has 0 aliphatic heterocycles. The van der Waals surface area contributed by atoms with E-state index in [1.165, 1.54) is 9.67 Å². The van der Waals surface area contributed by atoms with Crippen LogP contribution < -0.4 is 9.67 Å². The van der Waals surface area contributed by atoms with E-state index in [9.17, 15) is 4.79 Å². The average Bonchev–Trinajstić information content (AvgIpc) is 2.72. The van der Waals surface area contributed by atoms with Crippen LogP contribution >= 0.6 is 0 Å². The second kappa shape index (κ2) is 9.68. The first-order chi connectivity index (χ1) is 13.9. The van der Waals surface area contributed by atoms with Gasteiger partial charge in [-0.05, 0) is 0 Å². The quantitative estimate of drug-likeness (QED) is 0.389. The summed E-state index contributed by atoms with van der Waals surface area (Å²) in [6.07, 6.45) is 1.30. The van der Waals surface area contributed by atoms with E-state index < -0.39 is 26.2 Å². The van der Waals surface area contributed by atoms with Crippen LogP contribution in [0.15, 0.2) is 91.0 Å². The van der Waals surface area contributed by atoms with Gasteiger partial charge in [-0.2, -0.15) is 0 Å². The molecule has 3 heteroatoms. The molecule has 0 heterocycles. The fraction of sp³-hybridized carbons (Fsp3) is 0.269. The Bertz CT molecular complexity index is 803. The predicted octanol–water partition coefficient (Wildman–Crippen LogP) is 4.28. The number of ether oxygens (including phenoxy) is 1. The Hall–Kier alpha value is -1.97. The molecule has 0 N–H and O–H groups in total. The van der Waals surface area contributed by atoms with Gasteiger partial charge in [0.2, 0.25) is 0 Å². The Kier molecular flexibility index (Phi) is 7.26. The van der Waals surface area contributed by atoms with Crippen LogP contribution in [0.2, 0.25) is 4.08 Å². The van der Waals surface area contributed by atoms with Crippen molar-refractivity contribution in [2.45, 2.75) is 43.3 Å². The first-order valence-electron chi connectivity index (χ1n) is 10.1. The molecule has 0 saturated heterocycles. The van der Waals surface area contributed by atoms with E-state index in [0.29, 0.717) is 6.42 Å². The van der Waals surface area contributed by atoms with Gasteiger partial charge in [0, 0.05) is 0 Å². The molecule has 0 radical (unpaired) electrons. The van der Waals surface area contributed by atoms with Crippen LogP contribution in [0.5, 0.6) is 0 Å². The van der Waals surface area contributed by atoms with Gasteiger partial charge >= 0.3 is 180 Å². The van der Waals surface area contributed by atoms with Crippen LogP contribution in [-0.2, 0) is 9.53 Å². The maximum atomic E-state index is 12.4. The Morgan fingerprint density at radius 3 is 1.45 bits per heavy atom. The summed E-state index contributed by atoms with van der Waals surface area (Å²) in [7, 11) is 0. The first kappa shape index (κ1) is 21.7. The number of rotatable bonds is 7. The van der Waals surface area contributed by atoms with Crippen LogP contribution in [0.1, 0.15) is 33.6 Å². The molecule has 29 heavy (non-hydrogen) atoms. The molecule has 0 atom stereocenters. The van der Waals surface area contributed by atoms with Crippen molar-refractivity contribution < 1.29 is 9.53 Å². The molecule has 0 amide bonds. The van der Waals surface area contributed by atoms with E-state index in [1.807, 2.05) is 20.8 Å². The zero-order chi connectivity index (χ0) is 20.7. The number of hydrogen-bond acceptors (Lipinski definition) is 2. The standard InChI is InChI=1S/C8H15O2.3C6H5.Po/c1-5-6-7(9)10-8(2,3)4;3*1-2-4-6-5-3-1;/h1,5-6H2,2-4H3;3*1-5H;. The molecular formula is C26H30O2Po. The van der Waals surface area contributed by atoms with Gasteiger partial charge in [0.15, 0.2) is 0 Å². The summed E-state index contributed by atoms with van der Waals surface area (Å²) >= 11 is -3.23. The van der Waals surface area contributed by atoms with Gasteiger partial charge in [-0.25, -0.2) is 0 Å². The summed E-state index contributed by atoms with van der Waals surface area (Å²) < 4.78 is 10.9. The summed E-state index contributed by atoms with van der Waals surface area (Å²) in [4.78, 5) is 12.4. The van der Waals surface area contributed by atoms with E-state index in [0.717, 1.165) is 10.5 Å². The first-order valence-corrected chi connectivity index (χ1v) is 17.1. The van der Waals surface area contributed by atoms with Crippen molar-refractivity contribution in [3.05, 3.63) is 91.0 Å². The molecule has 3 aromatic rings. The third kappa shape index (κ3) is 5.55. The zero-order valence-corrected chi connectivity index (χ0v) is 20.7. The van der Waals surface area contributed by atoms with Crippen molar-refractivity contribution in [1.29, 1.82) is 0 Å². The molecule has 0 aliphatic carbocycles. The van der Waals surface area contributed by atoms with Crippen LogP contribution in [0.25, 0.3) is 0 Å². The van der Waals surface area contributed by atoms with Crippen LogP contribution in [0.4, 0.5) is 0 Å². The topological polar surface area (TPSA) is 26.3 Å². The summed E-state index contributed by atoms with van der Waals surface area (Å²) in [5.74, 6) is -0.105. The van der Waals surface area contributed by atoms with Crippen molar-refractivity contribution >= 4 is 36.2 Å². The van der Waals surface area contributed by atoms with Gasteiger partial charge in [0.1, 0.15) is 0 Å². The molecule has 0 aliphatic rings. The molecule has 2 nitrogen and oxygen atoms in total. The molecule has 3 rings (SSSR count). The van der Waals surface area contributed by atoms with Gasteiger partial charge in [0.05, 0.1) is 0 Å². The second-order valence-corrected chi connectivity index (χ2v) is 20.9. The van der Waals surface area contributed by atoms with Gasteiger partial charge < -0.3 is 0 Å². The van der Waals surface area contributed by atoms with E-state index in [-0.39, 0.29) is 5.97 Å². The third-order valence-corrected chi connectivity index (χ3v) is 20.8. The van der Waals surface area contributed by atoms with Crippen molar-refractivity contribution in [1.82, 2.24) is 0 Å². The Balaban J connectivity index is 2.00. The number of esters is 1. The summed E-state index contributed by atoms with van der Waals surface area (Å²) in [5.41, 5.74) is -0.435. The number of hydrogen-bond donors (Lipinski definition) is 0. The van der Waals surface area contributed by atoms with Crippen LogP contribution in [0, 0.1) is 0 Å². The number of carbonyl (C=O) groups excluding carboxylic acids is 1. The molecule has 0 fully saturated rings. The maximum absolute atomic E-state index is 12.4. The Morgan fingerprint density at radius 1 is 0.724 bits per heavy atom. The Morgan fingerprint density at radius 2 is 1.10 bits per heavy atom. The molecule has 0 saturated carbocycles. The minimum absolute atomic E-state index is 0.105. The molecule has 152 valence electrons. The number of benzene rings is 3. The predicted molar refractivity (Wildman–Crippen MR) is 124 cm³/mol. The normalized spacial score (nSPS) is 12.4. The van der Waals surface area contributed by atoms with Crippen LogP contribution in [-0.4, -0.2) is 32.1 Å². The van der Waals surface area contributed by atoms with Crippen molar-refractivity contribution in [3.8, 4) is 0 Å². The SMILES string of the molecule is CC(C)(C)OC(=O)CC[CH2][Po]([c]1ccccc1)([c]1ccccc1)[c]1ccccc1. The third-order valence-electron chi connectivity index (χ3n) is 4.69. The van der Waals surface area contributed by atoms with Crippen molar-refractivity contribution in [3.63, 3.8) is 0 Å². The van der Waals surface area contributed by atoms with Crippen molar-refractivity contribution in [2.75, 3.05) is 0 Å². The molecule has 3 aromatic carbocycles. The fourth-order valence-electron chi connectivity index (χ4n) is 3.55. The second-order valence-electron chi connectivity index (χ2n) is 8.07. The van der Waals surface area contributed by atoms with Crippen LogP contribution in [0.3, 0.4) is 0 Å². The summed E-state index contributed by atoms with van der Waals surface area (Å²) in [5, 5.41) is 0. The van der Waals surface area contributed by atoms with Crippen molar-refractivity contribution in [2.24, 2.45) is 0 Å². The summed E-state index contributed by atoms with van der Waals surface area (Å²) in [6.45, 7) is 5.77. The Labute approximate surface area is 179 Å². The van der Waals surface area contributed by atoms with Gasteiger partial charge in [-0.1, -0.05) is 0 Å². The molecule has 0 bridgehead atoms. The summed E-state index contributed by atoms with van der Waals surface area (Å²) in [6, 6.07) is 32.8. The van der Waals surface area contributed by atoms with E-state index in [1.54, 1.807) is 0 Å². The molecular weight excluding hydrogens is 553 g/mol. The average molecular weight is 584 g/mol. The zero-order valence-electron chi connectivity index (χ0n) is 17.5. The number of carbonyl (C=O) groups is 1. The van der Waals surface area contributed by atoms with Gasteiger partial charge in [-0.15, -0.1) is 0 Å². The van der Waals surface area contributed by atoms with E-state index in [2.05, 4.69) is 91.0 Å². The van der Waals surface area contributed by atoms with Gasteiger partial charge in [0.25, 0.3) is 0 Å². The molecule has 0 unspecified atom stereocenters. The van der Waals surface area contributed by atoms with E-state index >= 15 is 0 Å². The molecule has 0 aromatic heterocycles. The van der Waals surface area contributed by atoms with E-state index in [4.69, 9.17) is 4.74 Å². The molecule has 0 spiro atoms.